The topological polar surface area (TPSA) is 104 Å². The van der Waals surface area contributed by atoms with E-state index in [4.69, 9.17) is 5.73 Å². The van der Waals surface area contributed by atoms with Gasteiger partial charge in [-0.3, -0.25) is 19.2 Å². The van der Waals surface area contributed by atoms with Gasteiger partial charge in [0.15, 0.2) is 0 Å². The van der Waals surface area contributed by atoms with Crippen molar-refractivity contribution >= 4 is 23.6 Å². The SMILES string of the molecule is C=CC(=O)N1CCN(CC(=O)N2CCC(CC(N)=O)C2)C(=O)C12CC2. The van der Waals surface area contributed by atoms with Crippen molar-refractivity contribution < 1.29 is 19.2 Å². The maximum absolute atomic E-state index is 12.8. The third-order valence-electron chi connectivity index (χ3n) is 5.41. The lowest BCUT2D eigenvalue weighted by Gasteiger charge is -2.41. The van der Waals surface area contributed by atoms with Gasteiger partial charge in [-0.2, -0.15) is 0 Å². The molecule has 0 aromatic heterocycles. The molecule has 0 aromatic carbocycles. The normalized spacial score (nSPS) is 24.6. The predicted molar refractivity (Wildman–Crippen MR) is 89.0 cm³/mol. The second-order valence-corrected chi connectivity index (χ2v) is 7.12. The van der Waals surface area contributed by atoms with Gasteiger partial charge in [0.2, 0.25) is 23.6 Å². The molecule has 1 saturated carbocycles. The average Bonchev–Trinajstić information content (AvgIpc) is 3.22. The van der Waals surface area contributed by atoms with E-state index in [1.54, 1.807) is 14.7 Å². The molecule has 1 aliphatic carbocycles. The first-order valence-corrected chi connectivity index (χ1v) is 8.67. The number of hydrogen-bond donors (Lipinski definition) is 1. The van der Waals surface area contributed by atoms with Crippen LogP contribution in [0.2, 0.25) is 0 Å². The lowest BCUT2D eigenvalue weighted by molar-refractivity contribution is -0.154. The van der Waals surface area contributed by atoms with E-state index < -0.39 is 5.54 Å². The lowest BCUT2D eigenvalue weighted by Crippen LogP contribution is -2.61. The Hall–Kier alpha value is -2.38. The molecule has 0 radical (unpaired) electrons. The van der Waals surface area contributed by atoms with E-state index in [2.05, 4.69) is 6.58 Å². The third kappa shape index (κ3) is 3.25. The maximum atomic E-state index is 12.8. The van der Waals surface area contributed by atoms with Crippen molar-refractivity contribution in [3.8, 4) is 0 Å². The van der Waals surface area contributed by atoms with Crippen LogP contribution in [-0.4, -0.2) is 76.6 Å². The Morgan fingerprint density at radius 2 is 1.96 bits per heavy atom. The second kappa shape index (κ2) is 6.50. The monoisotopic (exact) mass is 348 g/mol. The van der Waals surface area contributed by atoms with Crippen molar-refractivity contribution in [2.24, 2.45) is 11.7 Å². The number of carbonyl (C=O) groups excluding carboxylic acids is 4. The zero-order valence-corrected chi connectivity index (χ0v) is 14.3. The van der Waals surface area contributed by atoms with Crippen molar-refractivity contribution in [1.29, 1.82) is 0 Å². The number of amides is 4. The number of carbonyl (C=O) groups is 4. The highest BCUT2D eigenvalue weighted by atomic mass is 16.2. The summed E-state index contributed by atoms with van der Waals surface area (Å²) in [5.41, 5.74) is 4.45. The molecule has 25 heavy (non-hydrogen) atoms. The molecule has 3 fully saturated rings. The minimum Gasteiger partial charge on any atom is -0.370 e. The van der Waals surface area contributed by atoms with Crippen LogP contribution in [-0.2, 0) is 19.2 Å². The summed E-state index contributed by atoms with van der Waals surface area (Å²) in [6.07, 6.45) is 3.56. The molecule has 8 nitrogen and oxygen atoms in total. The lowest BCUT2D eigenvalue weighted by atomic mass is 10.1. The number of likely N-dealkylation sites (tertiary alicyclic amines) is 1. The fraction of sp³-hybridized carbons (Fsp3) is 0.647. The molecule has 0 bridgehead atoms. The van der Waals surface area contributed by atoms with Crippen molar-refractivity contribution in [1.82, 2.24) is 14.7 Å². The quantitative estimate of drug-likeness (QED) is 0.650. The molecule has 0 aromatic rings. The van der Waals surface area contributed by atoms with Crippen molar-refractivity contribution in [2.75, 3.05) is 32.7 Å². The van der Waals surface area contributed by atoms with Gasteiger partial charge in [-0.25, -0.2) is 0 Å². The van der Waals surface area contributed by atoms with Gasteiger partial charge >= 0.3 is 0 Å². The standard InChI is InChI=1S/C17H24N4O4/c1-2-14(23)21-8-7-20(16(25)17(21)4-5-17)11-15(24)19-6-3-12(10-19)9-13(18)22/h2,12H,1,3-11H2,(H2,18,22). The van der Waals surface area contributed by atoms with E-state index in [-0.39, 0.29) is 42.5 Å². The van der Waals surface area contributed by atoms with E-state index in [9.17, 15) is 19.2 Å². The van der Waals surface area contributed by atoms with Gasteiger partial charge in [0.1, 0.15) is 5.54 Å². The van der Waals surface area contributed by atoms with E-state index in [1.165, 1.54) is 6.08 Å². The first kappa shape index (κ1) is 17.4. The Kier molecular flexibility index (Phi) is 4.53. The van der Waals surface area contributed by atoms with Gasteiger partial charge in [0.25, 0.3) is 0 Å². The van der Waals surface area contributed by atoms with E-state index >= 15 is 0 Å². The molecule has 4 amide bonds. The van der Waals surface area contributed by atoms with Crippen molar-refractivity contribution in [3.63, 3.8) is 0 Å². The number of piperazine rings is 1. The van der Waals surface area contributed by atoms with E-state index in [0.717, 1.165) is 6.42 Å². The molecular weight excluding hydrogens is 324 g/mol. The highest BCUT2D eigenvalue weighted by Gasteiger charge is 2.59. The largest absolute Gasteiger partial charge is 0.370 e. The molecule has 2 heterocycles. The van der Waals surface area contributed by atoms with Crippen LogP contribution in [0.3, 0.4) is 0 Å². The van der Waals surface area contributed by atoms with Crippen LogP contribution in [0.1, 0.15) is 25.7 Å². The Labute approximate surface area is 146 Å². The van der Waals surface area contributed by atoms with Crippen LogP contribution >= 0.6 is 0 Å². The van der Waals surface area contributed by atoms with Gasteiger partial charge in [-0.15, -0.1) is 0 Å². The van der Waals surface area contributed by atoms with E-state index in [0.29, 0.717) is 39.0 Å². The highest BCUT2D eigenvalue weighted by Crippen LogP contribution is 2.45. The molecule has 1 unspecified atom stereocenters. The van der Waals surface area contributed by atoms with Crippen molar-refractivity contribution in [2.45, 2.75) is 31.2 Å². The smallest absolute Gasteiger partial charge is 0.249 e. The van der Waals surface area contributed by atoms with Crippen LogP contribution in [0.25, 0.3) is 0 Å². The maximum Gasteiger partial charge on any atom is 0.249 e. The first-order chi connectivity index (χ1) is 11.9. The number of nitrogens with zero attached hydrogens (tertiary/aromatic N) is 3. The molecule has 136 valence electrons. The van der Waals surface area contributed by atoms with Crippen LogP contribution in [0.5, 0.6) is 0 Å². The molecule has 2 aliphatic heterocycles. The molecule has 3 rings (SSSR count). The van der Waals surface area contributed by atoms with Crippen LogP contribution < -0.4 is 5.73 Å². The summed E-state index contributed by atoms with van der Waals surface area (Å²) < 4.78 is 0. The summed E-state index contributed by atoms with van der Waals surface area (Å²) in [5.74, 6) is -0.734. The Bertz CT molecular complexity index is 628. The van der Waals surface area contributed by atoms with Gasteiger partial charge < -0.3 is 20.4 Å². The summed E-state index contributed by atoms with van der Waals surface area (Å²) in [7, 11) is 0. The molecule has 1 atom stereocenters. The number of nitrogens with two attached hydrogens (primary N) is 1. The summed E-state index contributed by atoms with van der Waals surface area (Å²) in [6.45, 7) is 5.39. The van der Waals surface area contributed by atoms with E-state index in [1.807, 2.05) is 0 Å². The summed E-state index contributed by atoms with van der Waals surface area (Å²) in [6, 6.07) is 0. The van der Waals surface area contributed by atoms with Crippen molar-refractivity contribution in [3.05, 3.63) is 12.7 Å². The Balaban J connectivity index is 1.58. The number of hydrogen-bond acceptors (Lipinski definition) is 4. The van der Waals surface area contributed by atoms with Gasteiger partial charge in [0.05, 0.1) is 6.54 Å². The molecule has 2 N–H and O–H groups in total. The predicted octanol–water partition coefficient (Wildman–Crippen LogP) is -0.900. The summed E-state index contributed by atoms with van der Waals surface area (Å²) >= 11 is 0. The van der Waals surface area contributed by atoms with Gasteiger partial charge in [-0.05, 0) is 31.3 Å². The van der Waals surface area contributed by atoms with Crippen LogP contribution in [0.4, 0.5) is 0 Å². The Morgan fingerprint density at radius 1 is 1.24 bits per heavy atom. The fourth-order valence-corrected chi connectivity index (χ4v) is 3.90. The molecular formula is C17H24N4O4. The Morgan fingerprint density at radius 3 is 2.56 bits per heavy atom. The fourth-order valence-electron chi connectivity index (χ4n) is 3.90. The minimum absolute atomic E-state index is 0.0278. The number of rotatable bonds is 5. The minimum atomic E-state index is -0.761. The van der Waals surface area contributed by atoms with Crippen LogP contribution in [0, 0.1) is 5.92 Å². The van der Waals surface area contributed by atoms with Crippen LogP contribution in [0.15, 0.2) is 12.7 Å². The molecule has 8 heteroatoms. The van der Waals surface area contributed by atoms with Gasteiger partial charge in [0, 0.05) is 32.6 Å². The zero-order chi connectivity index (χ0) is 18.2. The molecule has 2 saturated heterocycles. The summed E-state index contributed by atoms with van der Waals surface area (Å²) in [4.78, 5) is 53.1. The zero-order valence-electron chi connectivity index (χ0n) is 14.3. The molecule has 3 aliphatic rings. The average molecular weight is 348 g/mol. The second-order valence-electron chi connectivity index (χ2n) is 7.12. The number of primary amides is 1. The first-order valence-electron chi connectivity index (χ1n) is 8.67. The highest BCUT2D eigenvalue weighted by molar-refractivity contribution is 5.99. The van der Waals surface area contributed by atoms with Gasteiger partial charge in [-0.1, -0.05) is 6.58 Å². The third-order valence-corrected chi connectivity index (χ3v) is 5.41. The molecule has 1 spiro atoms. The summed E-state index contributed by atoms with van der Waals surface area (Å²) in [5, 5.41) is 0.